The van der Waals surface area contributed by atoms with E-state index in [0.29, 0.717) is 27.9 Å². The second kappa shape index (κ2) is 6.82. The highest BCUT2D eigenvalue weighted by molar-refractivity contribution is 6.31. The van der Waals surface area contributed by atoms with Gasteiger partial charge in [-0.2, -0.15) is 0 Å². The number of rotatable bonds is 2. The average molecular weight is 415 g/mol. The summed E-state index contributed by atoms with van der Waals surface area (Å²) in [6, 6.07) is 9.66. The number of halogens is 1. The number of cyclic esters (lactones) is 2. The molecule has 2 aliphatic rings. The van der Waals surface area contributed by atoms with Crippen LogP contribution in [0.2, 0.25) is 5.02 Å². The zero-order valence-corrected chi connectivity index (χ0v) is 16.1. The molecule has 148 valence electrons. The lowest BCUT2D eigenvalue weighted by molar-refractivity contribution is -0.222. The highest BCUT2D eigenvalue weighted by Gasteiger charge is 2.39. The number of hydrogen-bond donors (Lipinski definition) is 2. The molecule has 0 saturated carbocycles. The molecule has 2 aliphatic heterocycles. The maximum atomic E-state index is 12.6. The Morgan fingerprint density at radius 1 is 1.00 bits per heavy atom. The van der Waals surface area contributed by atoms with Gasteiger partial charge in [-0.05, 0) is 36.4 Å². The maximum Gasteiger partial charge on any atom is 0.350 e. The molecule has 29 heavy (non-hydrogen) atoms. The zero-order valence-electron chi connectivity index (χ0n) is 15.4. The molecule has 1 saturated heterocycles. The number of nitrogens with one attached hydrogen (secondary N) is 2. The van der Waals surface area contributed by atoms with Gasteiger partial charge >= 0.3 is 11.9 Å². The lowest BCUT2D eigenvalue weighted by Crippen LogP contribution is -2.42. The Hall–Kier alpha value is -3.52. The SMILES string of the molecule is CC1(C)OC(=O)C(=CNc2ccc3c(c2)C(=O)Nc2cc(Cl)ccc2O3)C(=O)O1. The number of amides is 1. The van der Waals surface area contributed by atoms with Crippen molar-refractivity contribution in [3.8, 4) is 11.5 Å². The molecule has 2 N–H and O–H groups in total. The Morgan fingerprint density at radius 2 is 1.69 bits per heavy atom. The van der Waals surface area contributed by atoms with Gasteiger partial charge in [0.2, 0.25) is 0 Å². The number of carbonyl (C=O) groups is 3. The Kier molecular flexibility index (Phi) is 4.43. The van der Waals surface area contributed by atoms with Crippen molar-refractivity contribution in [1.82, 2.24) is 0 Å². The van der Waals surface area contributed by atoms with Crippen molar-refractivity contribution in [2.24, 2.45) is 0 Å². The minimum Gasteiger partial charge on any atom is -0.454 e. The first-order valence-corrected chi connectivity index (χ1v) is 8.96. The second-order valence-electron chi connectivity index (χ2n) is 6.79. The number of carbonyl (C=O) groups excluding carboxylic acids is 3. The van der Waals surface area contributed by atoms with E-state index in [1.165, 1.54) is 26.1 Å². The smallest absolute Gasteiger partial charge is 0.350 e. The fourth-order valence-corrected chi connectivity index (χ4v) is 2.99. The molecule has 0 unspecified atom stereocenters. The lowest BCUT2D eigenvalue weighted by atomic mass is 10.1. The summed E-state index contributed by atoms with van der Waals surface area (Å²) >= 11 is 5.97. The topological polar surface area (TPSA) is 103 Å². The van der Waals surface area contributed by atoms with Crippen LogP contribution in [0.25, 0.3) is 0 Å². The minimum atomic E-state index is -1.32. The van der Waals surface area contributed by atoms with Crippen LogP contribution in [0.5, 0.6) is 11.5 Å². The molecule has 0 aromatic heterocycles. The van der Waals surface area contributed by atoms with Crippen molar-refractivity contribution in [3.05, 3.63) is 58.8 Å². The standard InChI is InChI=1S/C20H15ClN2O6/c1-20(2)28-18(25)13(19(26)29-20)9-22-11-4-6-15-12(8-11)17(24)23-14-7-10(21)3-5-16(14)27-15/h3-9,22H,1-2H3,(H,23,24). The zero-order chi connectivity index (χ0) is 20.8. The largest absolute Gasteiger partial charge is 0.454 e. The Balaban J connectivity index is 1.59. The van der Waals surface area contributed by atoms with E-state index in [4.69, 9.17) is 25.8 Å². The van der Waals surface area contributed by atoms with Crippen molar-refractivity contribution in [2.45, 2.75) is 19.6 Å². The fraction of sp³-hybridized carbons (Fsp3) is 0.150. The molecule has 2 heterocycles. The van der Waals surface area contributed by atoms with Crippen molar-refractivity contribution in [1.29, 1.82) is 0 Å². The van der Waals surface area contributed by atoms with Crippen LogP contribution in [0, 0.1) is 0 Å². The summed E-state index contributed by atoms with van der Waals surface area (Å²) in [5.74, 6) is -2.51. The molecule has 9 heteroatoms. The average Bonchev–Trinajstić information content (AvgIpc) is 2.75. The summed E-state index contributed by atoms with van der Waals surface area (Å²) < 4.78 is 15.9. The van der Waals surface area contributed by atoms with Crippen LogP contribution in [-0.4, -0.2) is 23.6 Å². The molecule has 0 radical (unpaired) electrons. The first-order valence-electron chi connectivity index (χ1n) is 8.58. The van der Waals surface area contributed by atoms with Crippen LogP contribution in [0.3, 0.4) is 0 Å². The highest BCUT2D eigenvalue weighted by Crippen LogP contribution is 2.38. The lowest BCUT2D eigenvalue weighted by Gasteiger charge is -2.29. The minimum absolute atomic E-state index is 0.260. The molecule has 1 amide bonds. The molecule has 0 aliphatic carbocycles. The predicted molar refractivity (Wildman–Crippen MR) is 104 cm³/mol. The molecule has 4 rings (SSSR count). The van der Waals surface area contributed by atoms with Gasteiger partial charge in [-0.3, -0.25) is 4.79 Å². The third kappa shape index (κ3) is 3.74. The van der Waals surface area contributed by atoms with E-state index in [-0.39, 0.29) is 11.1 Å². The summed E-state index contributed by atoms with van der Waals surface area (Å²) in [5.41, 5.74) is 0.868. The Labute approximate surface area is 170 Å². The summed E-state index contributed by atoms with van der Waals surface area (Å²) in [6.45, 7) is 2.92. The summed E-state index contributed by atoms with van der Waals surface area (Å²) in [6.07, 6.45) is 1.17. The maximum absolute atomic E-state index is 12.6. The van der Waals surface area contributed by atoms with E-state index < -0.39 is 23.6 Å². The fourth-order valence-electron chi connectivity index (χ4n) is 2.82. The number of anilines is 2. The monoisotopic (exact) mass is 414 g/mol. The van der Waals surface area contributed by atoms with Crippen LogP contribution < -0.4 is 15.4 Å². The second-order valence-corrected chi connectivity index (χ2v) is 7.23. The Morgan fingerprint density at radius 3 is 2.41 bits per heavy atom. The molecular formula is C20H15ClN2O6. The van der Waals surface area contributed by atoms with Crippen molar-refractivity contribution in [3.63, 3.8) is 0 Å². The van der Waals surface area contributed by atoms with Gasteiger partial charge in [-0.25, -0.2) is 9.59 Å². The van der Waals surface area contributed by atoms with Crippen molar-refractivity contribution >= 4 is 40.8 Å². The molecular weight excluding hydrogens is 400 g/mol. The third-order valence-corrected chi connectivity index (χ3v) is 4.37. The van der Waals surface area contributed by atoms with E-state index in [1.54, 1.807) is 30.3 Å². The van der Waals surface area contributed by atoms with E-state index >= 15 is 0 Å². The van der Waals surface area contributed by atoms with Crippen molar-refractivity contribution < 1.29 is 28.6 Å². The van der Waals surface area contributed by atoms with Gasteiger partial charge in [0.05, 0.1) is 11.3 Å². The molecule has 8 nitrogen and oxygen atoms in total. The predicted octanol–water partition coefficient (Wildman–Crippen LogP) is 3.83. The van der Waals surface area contributed by atoms with Crippen LogP contribution in [0.4, 0.5) is 11.4 Å². The van der Waals surface area contributed by atoms with E-state index in [2.05, 4.69) is 10.6 Å². The number of hydrogen-bond acceptors (Lipinski definition) is 7. The van der Waals surface area contributed by atoms with Gasteiger partial charge in [-0.1, -0.05) is 11.6 Å². The molecule has 2 aromatic rings. The van der Waals surface area contributed by atoms with Crippen LogP contribution >= 0.6 is 11.6 Å². The molecule has 0 atom stereocenters. The molecule has 2 aromatic carbocycles. The van der Waals surface area contributed by atoms with Gasteiger partial charge in [0.1, 0.15) is 5.75 Å². The van der Waals surface area contributed by atoms with E-state index in [9.17, 15) is 14.4 Å². The van der Waals surface area contributed by atoms with E-state index in [1.807, 2.05) is 0 Å². The van der Waals surface area contributed by atoms with Gasteiger partial charge in [0.25, 0.3) is 11.7 Å². The van der Waals surface area contributed by atoms with Crippen LogP contribution in [0.15, 0.2) is 48.2 Å². The van der Waals surface area contributed by atoms with Crippen molar-refractivity contribution in [2.75, 3.05) is 10.6 Å². The molecule has 1 fully saturated rings. The van der Waals surface area contributed by atoms with Gasteiger partial charge in [0, 0.05) is 30.8 Å². The normalized spacial score (nSPS) is 16.9. The molecule has 0 bridgehead atoms. The first-order chi connectivity index (χ1) is 13.7. The first kappa shape index (κ1) is 18.8. The quantitative estimate of drug-likeness (QED) is 0.437. The highest BCUT2D eigenvalue weighted by atomic mass is 35.5. The van der Waals surface area contributed by atoms with Crippen LogP contribution in [-0.2, 0) is 19.1 Å². The summed E-state index contributed by atoms with van der Waals surface area (Å²) in [7, 11) is 0. The van der Waals surface area contributed by atoms with Gasteiger partial charge in [-0.15, -0.1) is 0 Å². The van der Waals surface area contributed by atoms with Gasteiger partial charge in [0.15, 0.2) is 11.3 Å². The number of benzene rings is 2. The van der Waals surface area contributed by atoms with Gasteiger partial charge < -0.3 is 24.8 Å². The summed E-state index contributed by atoms with van der Waals surface area (Å²) in [4.78, 5) is 36.6. The number of esters is 2. The number of ether oxygens (including phenoxy) is 3. The van der Waals surface area contributed by atoms with E-state index in [0.717, 1.165) is 0 Å². The Bertz CT molecular complexity index is 1070. The van der Waals surface area contributed by atoms with Crippen LogP contribution in [0.1, 0.15) is 24.2 Å². The number of fused-ring (bicyclic) bond motifs is 2. The third-order valence-electron chi connectivity index (χ3n) is 4.13. The summed E-state index contributed by atoms with van der Waals surface area (Å²) in [5, 5.41) is 6.00. The molecule has 0 spiro atoms.